The smallest absolute Gasteiger partial charge is 0.0935 e. The van der Waals surface area contributed by atoms with Gasteiger partial charge in [0.1, 0.15) is 0 Å². The van der Waals surface area contributed by atoms with E-state index in [1.54, 1.807) is 11.3 Å². The largest absolute Gasteiger partial charge is 0.342 e. The molecular weight excluding hydrogens is 174 g/mol. The van der Waals surface area contributed by atoms with Gasteiger partial charge in [0.25, 0.3) is 0 Å². The van der Waals surface area contributed by atoms with Gasteiger partial charge in [-0.3, -0.25) is 0 Å². The molecule has 0 saturated heterocycles. The summed E-state index contributed by atoms with van der Waals surface area (Å²) in [5, 5.41) is 4.26. The summed E-state index contributed by atoms with van der Waals surface area (Å²) in [6.07, 6.45) is 0. The number of rotatable bonds is 1. The first-order valence-corrected chi connectivity index (χ1v) is 4.66. The van der Waals surface area contributed by atoms with Crippen LogP contribution in [-0.2, 0) is 0 Å². The minimum atomic E-state index is 0.825. The Balaban J connectivity index is 2.81. The maximum atomic E-state index is 4.93. The molecule has 0 unspecified atom stereocenters. The third kappa shape index (κ3) is 2.27. The van der Waals surface area contributed by atoms with Crippen LogP contribution in [0.4, 0.5) is 5.00 Å². The van der Waals surface area contributed by atoms with Gasteiger partial charge in [0.2, 0.25) is 0 Å². The summed E-state index contributed by atoms with van der Waals surface area (Å²) in [6.45, 7) is 6.11. The van der Waals surface area contributed by atoms with E-state index >= 15 is 0 Å². The number of anilines is 1. The molecule has 1 heterocycles. The van der Waals surface area contributed by atoms with E-state index in [1.165, 1.54) is 10.4 Å². The van der Waals surface area contributed by atoms with Crippen LogP contribution in [0.1, 0.15) is 17.4 Å². The molecule has 0 fully saturated rings. The lowest BCUT2D eigenvalue weighted by molar-refractivity contribution is 1.44. The van der Waals surface area contributed by atoms with Crippen LogP contribution in [0.2, 0.25) is 0 Å². The fraction of sp³-hybridized carbons (Fsp3) is 0.375. The van der Waals surface area contributed by atoms with Crippen molar-refractivity contribution in [3.63, 3.8) is 0 Å². The van der Waals surface area contributed by atoms with Gasteiger partial charge >= 0.3 is 0 Å². The summed E-state index contributed by atoms with van der Waals surface area (Å²) in [5.74, 6) is 0. The molecule has 0 radical (unpaired) electrons. The summed E-state index contributed by atoms with van der Waals surface area (Å²) >= 11 is 6.67. The van der Waals surface area contributed by atoms with Gasteiger partial charge in [0.15, 0.2) is 0 Å². The third-order valence-corrected chi connectivity index (χ3v) is 2.64. The first kappa shape index (κ1) is 8.68. The summed E-state index contributed by atoms with van der Waals surface area (Å²) in [5.41, 5.74) is 1.33. The van der Waals surface area contributed by atoms with Gasteiger partial charge in [-0.05, 0) is 32.4 Å². The fourth-order valence-electron chi connectivity index (χ4n) is 0.808. The predicted octanol–water partition coefficient (Wildman–Crippen LogP) is 3.12. The second-order valence-corrected chi connectivity index (χ2v) is 4.40. The Morgan fingerprint density at radius 3 is 2.55 bits per heavy atom. The standard InChI is InChI=1S/C8H11NS2/c1-5-4-8(9-7(3)10)11-6(5)2/h4H,1-3H3,(H,9,10). The highest BCUT2D eigenvalue weighted by Gasteiger charge is 1.99. The van der Waals surface area contributed by atoms with Crippen molar-refractivity contribution in [1.82, 2.24) is 0 Å². The van der Waals surface area contributed by atoms with Crippen LogP contribution in [0.25, 0.3) is 0 Å². The average Bonchev–Trinajstić information content (AvgIpc) is 2.10. The summed E-state index contributed by atoms with van der Waals surface area (Å²) in [6, 6.07) is 2.12. The van der Waals surface area contributed by atoms with Crippen LogP contribution >= 0.6 is 23.6 Å². The number of hydrogen-bond acceptors (Lipinski definition) is 2. The van der Waals surface area contributed by atoms with Gasteiger partial charge in [0.05, 0.1) is 9.99 Å². The molecule has 60 valence electrons. The Hall–Kier alpha value is -0.410. The SMILES string of the molecule is CC(=S)Nc1cc(C)c(C)s1. The van der Waals surface area contributed by atoms with Crippen LogP contribution in [0, 0.1) is 13.8 Å². The van der Waals surface area contributed by atoms with Crippen molar-refractivity contribution in [2.45, 2.75) is 20.8 Å². The number of thiocarbonyl (C=S) groups is 1. The molecule has 0 aliphatic rings. The van der Waals surface area contributed by atoms with E-state index in [4.69, 9.17) is 12.2 Å². The zero-order valence-corrected chi connectivity index (χ0v) is 8.53. The van der Waals surface area contributed by atoms with E-state index in [1.807, 2.05) is 6.92 Å². The Labute approximate surface area is 76.4 Å². The lowest BCUT2D eigenvalue weighted by Gasteiger charge is -1.96. The highest BCUT2D eigenvalue weighted by Crippen LogP contribution is 2.25. The molecule has 0 bridgehead atoms. The Kier molecular flexibility index (Phi) is 2.62. The van der Waals surface area contributed by atoms with Crippen LogP contribution in [0.15, 0.2) is 6.07 Å². The molecule has 0 atom stereocenters. The summed E-state index contributed by atoms with van der Waals surface area (Å²) in [4.78, 5) is 2.18. The van der Waals surface area contributed by atoms with Gasteiger partial charge < -0.3 is 5.32 Å². The maximum Gasteiger partial charge on any atom is 0.0935 e. The van der Waals surface area contributed by atoms with Crippen molar-refractivity contribution in [2.24, 2.45) is 0 Å². The highest BCUT2D eigenvalue weighted by atomic mass is 32.1. The van der Waals surface area contributed by atoms with Gasteiger partial charge in [-0.15, -0.1) is 11.3 Å². The van der Waals surface area contributed by atoms with Gasteiger partial charge in [-0.25, -0.2) is 0 Å². The quantitative estimate of drug-likeness (QED) is 0.675. The molecule has 0 saturated carbocycles. The van der Waals surface area contributed by atoms with E-state index in [-0.39, 0.29) is 0 Å². The van der Waals surface area contributed by atoms with Crippen molar-refractivity contribution in [3.05, 3.63) is 16.5 Å². The van der Waals surface area contributed by atoms with Crippen molar-refractivity contribution >= 4 is 33.5 Å². The lowest BCUT2D eigenvalue weighted by Crippen LogP contribution is -2.00. The molecule has 1 aromatic heterocycles. The summed E-state index contributed by atoms with van der Waals surface area (Å²) in [7, 11) is 0. The molecule has 11 heavy (non-hydrogen) atoms. The molecule has 1 rings (SSSR count). The maximum absolute atomic E-state index is 4.93. The molecular formula is C8H11NS2. The lowest BCUT2D eigenvalue weighted by atomic mass is 10.3. The number of hydrogen-bond donors (Lipinski definition) is 1. The molecule has 0 aliphatic carbocycles. The molecule has 3 heteroatoms. The summed E-state index contributed by atoms with van der Waals surface area (Å²) < 4.78 is 0. The predicted molar refractivity (Wildman–Crippen MR) is 55.7 cm³/mol. The fourth-order valence-corrected chi connectivity index (χ4v) is 1.97. The molecule has 1 nitrogen and oxygen atoms in total. The second-order valence-electron chi connectivity index (χ2n) is 2.53. The van der Waals surface area contributed by atoms with Crippen LogP contribution in [-0.4, -0.2) is 4.99 Å². The first-order chi connectivity index (χ1) is 5.09. The Bertz CT molecular complexity index is 256. The average molecular weight is 185 g/mol. The molecule has 0 aromatic carbocycles. The number of thiophene rings is 1. The highest BCUT2D eigenvalue weighted by molar-refractivity contribution is 7.80. The number of aryl methyl sites for hydroxylation is 2. The molecule has 0 amide bonds. The van der Waals surface area contributed by atoms with E-state index in [0.29, 0.717) is 0 Å². The van der Waals surface area contributed by atoms with Crippen LogP contribution < -0.4 is 5.32 Å². The van der Waals surface area contributed by atoms with Crippen molar-refractivity contribution in [3.8, 4) is 0 Å². The van der Waals surface area contributed by atoms with Gasteiger partial charge in [-0.2, -0.15) is 0 Å². The van der Waals surface area contributed by atoms with Crippen LogP contribution in [0.5, 0.6) is 0 Å². The van der Waals surface area contributed by atoms with E-state index in [0.717, 1.165) is 9.99 Å². The van der Waals surface area contributed by atoms with E-state index < -0.39 is 0 Å². The third-order valence-electron chi connectivity index (χ3n) is 1.47. The molecule has 0 aliphatic heterocycles. The zero-order chi connectivity index (χ0) is 8.43. The van der Waals surface area contributed by atoms with Crippen LogP contribution in [0.3, 0.4) is 0 Å². The van der Waals surface area contributed by atoms with Gasteiger partial charge in [-0.1, -0.05) is 12.2 Å². The Morgan fingerprint density at radius 1 is 1.55 bits per heavy atom. The van der Waals surface area contributed by atoms with E-state index in [2.05, 4.69) is 25.2 Å². The minimum Gasteiger partial charge on any atom is -0.342 e. The zero-order valence-electron chi connectivity index (χ0n) is 6.89. The molecule has 1 N–H and O–H groups in total. The van der Waals surface area contributed by atoms with Crippen molar-refractivity contribution < 1.29 is 0 Å². The van der Waals surface area contributed by atoms with E-state index in [9.17, 15) is 0 Å². The molecule has 0 spiro atoms. The van der Waals surface area contributed by atoms with Gasteiger partial charge in [0, 0.05) is 4.88 Å². The first-order valence-electron chi connectivity index (χ1n) is 3.44. The van der Waals surface area contributed by atoms with Crippen molar-refractivity contribution in [2.75, 3.05) is 5.32 Å². The normalized spacial score (nSPS) is 9.73. The second kappa shape index (κ2) is 3.32. The monoisotopic (exact) mass is 185 g/mol. The number of nitrogens with one attached hydrogen (secondary N) is 1. The Morgan fingerprint density at radius 2 is 2.18 bits per heavy atom. The topological polar surface area (TPSA) is 12.0 Å². The molecule has 1 aromatic rings. The minimum absolute atomic E-state index is 0.825. The van der Waals surface area contributed by atoms with Crippen molar-refractivity contribution in [1.29, 1.82) is 0 Å².